The molecule has 0 atom stereocenters. The van der Waals surface area contributed by atoms with Gasteiger partial charge in [-0.2, -0.15) is 18.3 Å². The van der Waals surface area contributed by atoms with E-state index in [1.807, 2.05) is 0 Å². The first-order valence-corrected chi connectivity index (χ1v) is 7.51. The van der Waals surface area contributed by atoms with Gasteiger partial charge in [0.05, 0.1) is 22.4 Å². The third-order valence-electron chi connectivity index (χ3n) is 3.92. The number of hydrogen-bond acceptors (Lipinski definition) is 2. The summed E-state index contributed by atoms with van der Waals surface area (Å²) in [7, 11) is 0. The molecule has 0 radical (unpaired) electrons. The summed E-state index contributed by atoms with van der Waals surface area (Å²) in [4.78, 5) is 12.3. The number of aromatic nitrogens is 2. The summed E-state index contributed by atoms with van der Waals surface area (Å²) in [6.07, 6.45) is -4.57. The molecule has 0 aliphatic rings. The van der Waals surface area contributed by atoms with Crippen LogP contribution in [-0.2, 0) is 6.18 Å². The number of hydrogen-bond donors (Lipinski definition) is 1. The lowest BCUT2D eigenvalue weighted by Gasteiger charge is -2.14. The van der Waals surface area contributed by atoms with Crippen molar-refractivity contribution < 1.29 is 26.3 Å². The molecule has 1 N–H and O–H groups in total. The number of halogens is 6. The Hall–Kier alpha value is -3.10. The predicted molar refractivity (Wildman–Crippen MR) is 85.3 cm³/mol. The summed E-state index contributed by atoms with van der Waals surface area (Å²) in [5.41, 5.74) is -3.03. The quantitative estimate of drug-likeness (QED) is 0.642. The number of alkyl halides is 3. The molecule has 3 rings (SSSR count). The van der Waals surface area contributed by atoms with Crippen LogP contribution in [0.3, 0.4) is 0 Å². The summed E-state index contributed by atoms with van der Waals surface area (Å²) >= 11 is 0. The van der Waals surface area contributed by atoms with Crippen molar-refractivity contribution in [3.8, 4) is 22.3 Å². The van der Waals surface area contributed by atoms with Crippen molar-refractivity contribution >= 4 is 0 Å². The minimum Gasteiger partial charge on any atom is -0.267 e. The Morgan fingerprint density at radius 1 is 0.889 bits per heavy atom. The highest BCUT2D eigenvalue weighted by molar-refractivity contribution is 5.84. The molecule has 0 saturated heterocycles. The van der Waals surface area contributed by atoms with Crippen LogP contribution in [0.5, 0.6) is 0 Å². The second-order valence-electron chi connectivity index (χ2n) is 5.71. The van der Waals surface area contributed by atoms with Crippen LogP contribution >= 0.6 is 0 Å². The monoisotopic (exact) mass is 384 g/mol. The number of rotatable bonds is 2. The number of H-pyrrole nitrogens is 1. The van der Waals surface area contributed by atoms with Gasteiger partial charge in [0.25, 0.3) is 5.56 Å². The van der Waals surface area contributed by atoms with Crippen molar-refractivity contribution in [3.63, 3.8) is 0 Å². The molecule has 0 amide bonds. The summed E-state index contributed by atoms with van der Waals surface area (Å²) < 4.78 is 79.9. The van der Waals surface area contributed by atoms with Crippen LogP contribution < -0.4 is 5.56 Å². The molecule has 27 heavy (non-hydrogen) atoms. The predicted octanol–water partition coefficient (Wildman–Crippen LogP) is 4.85. The fraction of sp³-hybridized carbons (Fsp3) is 0.111. The number of aromatic amines is 1. The van der Waals surface area contributed by atoms with E-state index in [9.17, 15) is 31.1 Å². The van der Waals surface area contributed by atoms with E-state index in [0.29, 0.717) is 12.1 Å². The standard InChI is InChI=1S/C18H10F6N2O/c1-8-14(9-2-4-10(5-3-9)18(22,23)24)16(17(27)26-25-8)15-12(20)6-11(19)7-13(15)21/h2-7H,1H3,(H,26,27). The molecule has 0 spiro atoms. The van der Waals surface area contributed by atoms with Crippen LogP contribution in [0.15, 0.2) is 41.2 Å². The zero-order chi connectivity index (χ0) is 19.9. The average molecular weight is 384 g/mol. The minimum atomic E-state index is -4.57. The molecular formula is C18H10F6N2O. The van der Waals surface area contributed by atoms with Crippen LogP contribution in [0.2, 0.25) is 0 Å². The molecule has 0 aliphatic carbocycles. The highest BCUT2D eigenvalue weighted by Crippen LogP contribution is 2.36. The molecule has 0 unspecified atom stereocenters. The van der Waals surface area contributed by atoms with Crippen LogP contribution in [0.4, 0.5) is 26.3 Å². The van der Waals surface area contributed by atoms with E-state index in [0.717, 1.165) is 24.3 Å². The van der Waals surface area contributed by atoms with E-state index < -0.39 is 45.9 Å². The maximum atomic E-state index is 14.2. The van der Waals surface area contributed by atoms with Gasteiger partial charge in [-0.15, -0.1) is 0 Å². The topological polar surface area (TPSA) is 45.8 Å². The van der Waals surface area contributed by atoms with Gasteiger partial charge in [0.2, 0.25) is 0 Å². The van der Waals surface area contributed by atoms with Crippen molar-refractivity contribution in [2.24, 2.45) is 0 Å². The Morgan fingerprint density at radius 2 is 1.44 bits per heavy atom. The van der Waals surface area contributed by atoms with E-state index in [1.165, 1.54) is 6.92 Å². The van der Waals surface area contributed by atoms with Crippen molar-refractivity contribution in [1.82, 2.24) is 10.2 Å². The third kappa shape index (κ3) is 3.44. The highest BCUT2D eigenvalue weighted by atomic mass is 19.4. The van der Waals surface area contributed by atoms with Gasteiger partial charge in [0, 0.05) is 17.7 Å². The van der Waals surface area contributed by atoms with Crippen LogP contribution in [0, 0.1) is 24.4 Å². The summed E-state index contributed by atoms with van der Waals surface area (Å²) in [5.74, 6) is -3.82. The summed E-state index contributed by atoms with van der Waals surface area (Å²) in [5, 5.41) is 5.78. The number of nitrogens with one attached hydrogen (secondary N) is 1. The third-order valence-corrected chi connectivity index (χ3v) is 3.92. The molecular weight excluding hydrogens is 374 g/mol. The fourth-order valence-electron chi connectivity index (χ4n) is 2.74. The zero-order valence-corrected chi connectivity index (χ0v) is 13.6. The van der Waals surface area contributed by atoms with Gasteiger partial charge in [0.1, 0.15) is 17.5 Å². The Morgan fingerprint density at radius 3 is 1.96 bits per heavy atom. The van der Waals surface area contributed by atoms with Gasteiger partial charge in [-0.1, -0.05) is 12.1 Å². The lowest BCUT2D eigenvalue weighted by Crippen LogP contribution is -2.16. The van der Waals surface area contributed by atoms with Gasteiger partial charge < -0.3 is 0 Å². The van der Waals surface area contributed by atoms with E-state index in [2.05, 4.69) is 10.2 Å². The molecule has 3 nitrogen and oxygen atoms in total. The Balaban J connectivity index is 2.30. The first-order valence-electron chi connectivity index (χ1n) is 7.51. The van der Waals surface area contributed by atoms with E-state index in [4.69, 9.17) is 0 Å². The fourth-order valence-corrected chi connectivity index (χ4v) is 2.74. The smallest absolute Gasteiger partial charge is 0.267 e. The number of aryl methyl sites for hydroxylation is 1. The molecule has 9 heteroatoms. The lowest BCUT2D eigenvalue weighted by molar-refractivity contribution is -0.137. The van der Waals surface area contributed by atoms with Gasteiger partial charge in [-0.3, -0.25) is 4.79 Å². The van der Waals surface area contributed by atoms with E-state index in [1.54, 1.807) is 0 Å². The maximum absolute atomic E-state index is 14.2. The molecule has 0 saturated carbocycles. The van der Waals surface area contributed by atoms with Gasteiger partial charge in [-0.25, -0.2) is 18.3 Å². The molecule has 3 aromatic rings. The lowest BCUT2D eigenvalue weighted by atomic mass is 9.93. The molecule has 140 valence electrons. The SMILES string of the molecule is Cc1n[nH]c(=O)c(-c2c(F)cc(F)cc2F)c1-c1ccc(C(F)(F)F)cc1. The molecule has 1 heterocycles. The highest BCUT2D eigenvalue weighted by Gasteiger charge is 2.30. The molecule has 1 aromatic heterocycles. The number of nitrogens with zero attached hydrogens (tertiary/aromatic N) is 1. The van der Waals surface area contributed by atoms with E-state index >= 15 is 0 Å². The second kappa shape index (κ2) is 6.57. The minimum absolute atomic E-state index is 0.0584. The number of benzene rings is 2. The van der Waals surface area contributed by atoms with Gasteiger partial charge in [-0.05, 0) is 24.6 Å². The van der Waals surface area contributed by atoms with Gasteiger partial charge >= 0.3 is 6.18 Å². The molecule has 0 aliphatic heterocycles. The zero-order valence-electron chi connectivity index (χ0n) is 13.6. The Kier molecular flexibility index (Phi) is 4.54. The molecule has 0 fully saturated rings. The van der Waals surface area contributed by atoms with Crippen LogP contribution in [0.1, 0.15) is 11.3 Å². The summed E-state index contributed by atoms with van der Waals surface area (Å²) in [6, 6.07) is 4.49. The van der Waals surface area contributed by atoms with Crippen LogP contribution in [-0.4, -0.2) is 10.2 Å². The molecule has 0 bridgehead atoms. The van der Waals surface area contributed by atoms with Crippen molar-refractivity contribution in [2.45, 2.75) is 13.1 Å². The Bertz CT molecular complexity index is 1050. The Labute approximate surface area is 148 Å². The molecule has 2 aromatic carbocycles. The van der Waals surface area contributed by atoms with Gasteiger partial charge in [0.15, 0.2) is 0 Å². The van der Waals surface area contributed by atoms with E-state index in [-0.39, 0.29) is 16.8 Å². The first-order chi connectivity index (χ1) is 12.6. The van der Waals surface area contributed by atoms with Crippen molar-refractivity contribution in [1.29, 1.82) is 0 Å². The van der Waals surface area contributed by atoms with Crippen LogP contribution in [0.25, 0.3) is 22.3 Å². The normalized spacial score (nSPS) is 11.7. The summed E-state index contributed by atoms with van der Waals surface area (Å²) in [6.45, 7) is 1.41. The first kappa shape index (κ1) is 18.7. The van der Waals surface area contributed by atoms with Crippen molar-refractivity contribution in [3.05, 3.63) is 75.5 Å². The average Bonchev–Trinajstić information content (AvgIpc) is 2.56. The maximum Gasteiger partial charge on any atom is 0.416 e. The largest absolute Gasteiger partial charge is 0.416 e. The van der Waals surface area contributed by atoms with Crippen molar-refractivity contribution in [2.75, 3.05) is 0 Å². The second-order valence-corrected chi connectivity index (χ2v) is 5.71.